The summed E-state index contributed by atoms with van der Waals surface area (Å²) in [5, 5.41) is 5.23. The molecule has 1 amide bonds. The van der Waals surface area contributed by atoms with E-state index in [2.05, 4.69) is 40.2 Å². The summed E-state index contributed by atoms with van der Waals surface area (Å²) in [7, 11) is 3.16. The van der Waals surface area contributed by atoms with Crippen molar-refractivity contribution in [2.75, 3.05) is 14.2 Å². The van der Waals surface area contributed by atoms with Gasteiger partial charge in [-0.05, 0) is 48.4 Å². The molecule has 0 atom stereocenters. The van der Waals surface area contributed by atoms with Crippen LogP contribution in [0.4, 0.5) is 0 Å². The number of nitrogens with one attached hydrogen (secondary N) is 1. The highest BCUT2D eigenvalue weighted by Crippen LogP contribution is 2.26. The first-order valence-corrected chi connectivity index (χ1v) is 8.70. The molecule has 3 rings (SSSR count). The molecule has 2 aromatic carbocycles. The summed E-state index contributed by atoms with van der Waals surface area (Å²) in [5.41, 5.74) is 5.74. The van der Waals surface area contributed by atoms with Gasteiger partial charge in [0, 0.05) is 30.1 Å². The van der Waals surface area contributed by atoms with E-state index in [0.717, 1.165) is 11.1 Å². The van der Waals surface area contributed by atoms with Gasteiger partial charge < -0.3 is 14.0 Å². The number of ether oxygens (including phenoxy) is 2. The van der Waals surface area contributed by atoms with E-state index in [1.165, 1.54) is 10.9 Å². The number of methoxy groups -OCH3 is 2. The summed E-state index contributed by atoms with van der Waals surface area (Å²) in [4.78, 5) is 12.1. The lowest BCUT2D eigenvalue weighted by Gasteiger charge is -2.07. The Kier molecular flexibility index (Phi) is 5.76. The summed E-state index contributed by atoms with van der Waals surface area (Å²) >= 11 is 0. The minimum absolute atomic E-state index is 0.138. The molecule has 0 fully saturated rings. The van der Waals surface area contributed by atoms with Crippen molar-refractivity contribution in [1.82, 2.24) is 9.99 Å². The normalized spacial score (nSPS) is 11.1. The van der Waals surface area contributed by atoms with Gasteiger partial charge in [-0.3, -0.25) is 4.79 Å². The fourth-order valence-electron chi connectivity index (χ4n) is 2.96. The molecule has 140 valence electrons. The van der Waals surface area contributed by atoms with E-state index in [9.17, 15) is 4.79 Å². The minimum atomic E-state index is -0.138. The number of carbonyl (C=O) groups excluding carboxylic acids is 1. The van der Waals surface area contributed by atoms with E-state index in [1.807, 2.05) is 18.3 Å². The Labute approximate surface area is 158 Å². The monoisotopic (exact) mass is 365 g/mol. The van der Waals surface area contributed by atoms with Gasteiger partial charge in [-0.2, -0.15) is 5.10 Å². The largest absolute Gasteiger partial charge is 0.493 e. The fraction of sp³-hybridized carbons (Fsp3) is 0.238. The van der Waals surface area contributed by atoms with Crippen molar-refractivity contribution < 1.29 is 14.3 Å². The maximum absolute atomic E-state index is 12.1. The minimum Gasteiger partial charge on any atom is -0.493 e. The van der Waals surface area contributed by atoms with Crippen LogP contribution < -0.4 is 14.9 Å². The van der Waals surface area contributed by atoms with Gasteiger partial charge in [-0.25, -0.2) is 5.43 Å². The number of amides is 1. The van der Waals surface area contributed by atoms with Crippen LogP contribution in [0.1, 0.15) is 17.5 Å². The van der Waals surface area contributed by atoms with E-state index in [4.69, 9.17) is 9.47 Å². The molecule has 0 aliphatic heterocycles. The number of fused-ring (bicyclic) bond motifs is 1. The van der Waals surface area contributed by atoms with Gasteiger partial charge in [-0.1, -0.05) is 12.1 Å². The lowest BCUT2D eigenvalue weighted by atomic mass is 10.1. The van der Waals surface area contributed by atoms with Crippen LogP contribution in [0, 0.1) is 6.92 Å². The second kappa shape index (κ2) is 8.40. The summed E-state index contributed by atoms with van der Waals surface area (Å²) in [6.45, 7) is 2.69. The molecule has 0 spiro atoms. The molecule has 0 bridgehead atoms. The van der Waals surface area contributed by atoms with Gasteiger partial charge in [0.15, 0.2) is 11.5 Å². The zero-order valence-electron chi connectivity index (χ0n) is 15.7. The first-order valence-electron chi connectivity index (χ1n) is 8.70. The van der Waals surface area contributed by atoms with Crippen LogP contribution in [0.2, 0.25) is 0 Å². The zero-order valence-corrected chi connectivity index (χ0v) is 15.7. The zero-order chi connectivity index (χ0) is 19.2. The van der Waals surface area contributed by atoms with Gasteiger partial charge in [0.05, 0.1) is 20.4 Å². The van der Waals surface area contributed by atoms with Crippen molar-refractivity contribution in [2.45, 2.75) is 19.9 Å². The van der Waals surface area contributed by atoms with Gasteiger partial charge in [-0.15, -0.1) is 0 Å². The van der Waals surface area contributed by atoms with E-state index in [0.29, 0.717) is 24.5 Å². The summed E-state index contributed by atoms with van der Waals surface area (Å²) in [5.74, 6) is 1.12. The predicted octanol–water partition coefficient (Wildman–Crippen LogP) is 3.51. The SMILES string of the molecule is COc1ccc(/C=N/NC(=O)CCn2ccc3c(C)cccc32)cc1OC. The molecular formula is C21H23N3O3. The molecule has 1 N–H and O–H groups in total. The standard InChI is InChI=1S/C21H23N3O3/c1-15-5-4-6-18-17(15)9-11-24(18)12-10-21(25)23-22-14-16-7-8-19(26-2)20(13-16)27-3/h4-9,11,13-14H,10,12H2,1-3H3,(H,23,25)/b22-14+. The molecule has 0 unspecified atom stereocenters. The molecule has 0 saturated heterocycles. The van der Waals surface area contributed by atoms with Gasteiger partial charge in [0.25, 0.3) is 0 Å². The van der Waals surface area contributed by atoms with E-state index in [-0.39, 0.29) is 5.91 Å². The van der Waals surface area contributed by atoms with Crippen LogP contribution in [0.3, 0.4) is 0 Å². The topological polar surface area (TPSA) is 64.8 Å². The molecule has 6 heteroatoms. The lowest BCUT2D eigenvalue weighted by Crippen LogP contribution is -2.19. The molecule has 0 aliphatic rings. The summed E-state index contributed by atoms with van der Waals surface area (Å²) in [6, 6.07) is 13.7. The molecule has 1 heterocycles. The van der Waals surface area contributed by atoms with Crippen molar-refractivity contribution >= 4 is 23.0 Å². The maximum Gasteiger partial charge on any atom is 0.241 e. The number of nitrogens with zero attached hydrogens (tertiary/aromatic N) is 2. The molecule has 6 nitrogen and oxygen atoms in total. The third-order valence-electron chi connectivity index (χ3n) is 4.42. The lowest BCUT2D eigenvalue weighted by molar-refractivity contribution is -0.121. The van der Waals surface area contributed by atoms with E-state index < -0.39 is 0 Å². The molecule has 27 heavy (non-hydrogen) atoms. The Balaban J connectivity index is 1.56. The molecule has 1 aromatic heterocycles. The quantitative estimate of drug-likeness (QED) is 0.515. The van der Waals surface area contributed by atoms with Crippen molar-refractivity contribution in [1.29, 1.82) is 0 Å². The average Bonchev–Trinajstić information content (AvgIpc) is 3.10. The van der Waals surface area contributed by atoms with E-state index in [1.54, 1.807) is 32.6 Å². The number of hydrazone groups is 1. The maximum atomic E-state index is 12.1. The first-order chi connectivity index (χ1) is 13.1. The van der Waals surface area contributed by atoms with Gasteiger partial charge in [0.2, 0.25) is 5.91 Å². The van der Waals surface area contributed by atoms with Crippen LogP contribution in [0.15, 0.2) is 53.8 Å². The molecular weight excluding hydrogens is 342 g/mol. The Morgan fingerprint density at radius 2 is 1.96 bits per heavy atom. The molecule has 0 saturated carbocycles. The Bertz CT molecular complexity index is 976. The smallest absolute Gasteiger partial charge is 0.241 e. The van der Waals surface area contributed by atoms with Crippen molar-refractivity contribution in [3.8, 4) is 11.5 Å². The number of aryl methyl sites for hydroxylation is 2. The molecule has 0 aliphatic carbocycles. The van der Waals surface area contributed by atoms with E-state index >= 15 is 0 Å². The van der Waals surface area contributed by atoms with Crippen LogP contribution in [0.5, 0.6) is 11.5 Å². The molecule has 0 radical (unpaired) electrons. The van der Waals surface area contributed by atoms with Crippen molar-refractivity contribution in [2.24, 2.45) is 5.10 Å². The highest BCUT2D eigenvalue weighted by molar-refractivity contribution is 5.84. The summed E-state index contributed by atoms with van der Waals surface area (Å²) in [6.07, 6.45) is 3.94. The third-order valence-corrected chi connectivity index (χ3v) is 4.42. The number of benzene rings is 2. The van der Waals surface area contributed by atoms with Crippen LogP contribution in [0.25, 0.3) is 10.9 Å². The number of rotatable bonds is 7. The predicted molar refractivity (Wildman–Crippen MR) is 107 cm³/mol. The average molecular weight is 365 g/mol. The van der Waals surface area contributed by atoms with Crippen LogP contribution >= 0.6 is 0 Å². The van der Waals surface area contributed by atoms with Crippen LogP contribution in [-0.2, 0) is 11.3 Å². The Hall–Kier alpha value is -3.28. The second-order valence-corrected chi connectivity index (χ2v) is 6.17. The third kappa shape index (κ3) is 4.28. The summed E-state index contributed by atoms with van der Waals surface area (Å²) < 4.78 is 12.5. The Morgan fingerprint density at radius 1 is 1.15 bits per heavy atom. The highest BCUT2D eigenvalue weighted by Gasteiger charge is 2.06. The number of hydrogen-bond donors (Lipinski definition) is 1. The Morgan fingerprint density at radius 3 is 2.74 bits per heavy atom. The second-order valence-electron chi connectivity index (χ2n) is 6.17. The first kappa shape index (κ1) is 18.5. The highest BCUT2D eigenvalue weighted by atomic mass is 16.5. The molecule has 3 aromatic rings. The van der Waals surface area contributed by atoms with Gasteiger partial charge >= 0.3 is 0 Å². The van der Waals surface area contributed by atoms with Gasteiger partial charge in [0.1, 0.15) is 0 Å². The van der Waals surface area contributed by atoms with Crippen molar-refractivity contribution in [3.05, 3.63) is 59.8 Å². The van der Waals surface area contributed by atoms with Crippen molar-refractivity contribution in [3.63, 3.8) is 0 Å². The van der Waals surface area contributed by atoms with Crippen LogP contribution in [-0.4, -0.2) is 30.9 Å². The number of carbonyl (C=O) groups is 1. The fourth-order valence-corrected chi connectivity index (χ4v) is 2.96. The number of hydrogen-bond acceptors (Lipinski definition) is 4. The number of aromatic nitrogens is 1.